The lowest BCUT2D eigenvalue weighted by Gasteiger charge is -2.03. The Kier molecular flexibility index (Phi) is 2.11. The van der Waals surface area contributed by atoms with E-state index in [2.05, 4.69) is 21.7 Å². The summed E-state index contributed by atoms with van der Waals surface area (Å²) >= 11 is 0. The van der Waals surface area contributed by atoms with Gasteiger partial charge in [0.25, 0.3) is 0 Å². The Labute approximate surface area is 93.0 Å². The second-order valence-electron chi connectivity index (χ2n) is 3.79. The monoisotopic (exact) mass is 212 g/mol. The zero-order valence-corrected chi connectivity index (χ0v) is 8.80. The number of para-hydroxylation sites is 1. The quantitative estimate of drug-likeness (QED) is 0.707. The predicted molar refractivity (Wildman–Crippen MR) is 64.3 cm³/mol. The Bertz CT molecular complexity index is 589. The molecule has 0 aliphatic rings. The summed E-state index contributed by atoms with van der Waals surface area (Å²) in [6, 6.07) is 10.2. The van der Waals surface area contributed by atoms with E-state index in [1.807, 2.05) is 24.4 Å². The van der Waals surface area contributed by atoms with Crippen LogP contribution in [0, 0.1) is 0 Å². The van der Waals surface area contributed by atoms with Crippen LogP contribution >= 0.6 is 0 Å². The second-order valence-corrected chi connectivity index (χ2v) is 3.79. The first-order valence-electron chi connectivity index (χ1n) is 5.33. The molecule has 0 radical (unpaired) electrons. The number of fused-ring (bicyclic) bond motifs is 3. The van der Waals surface area contributed by atoms with Crippen molar-refractivity contribution in [2.24, 2.45) is 0 Å². The van der Waals surface area contributed by atoms with Crippen LogP contribution in [-0.2, 0) is 6.54 Å². The zero-order chi connectivity index (χ0) is 11.0. The Morgan fingerprint density at radius 1 is 1.06 bits per heavy atom. The summed E-state index contributed by atoms with van der Waals surface area (Å²) in [6.45, 7) is 0.748. The molecule has 80 valence electrons. The van der Waals surface area contributed by atoms with Gasteiger partial charge in [0.1, 0.15) is 0 Å². The van der Waals surface area contributed by atoms with Crippen LogP contribution < -0.4 is 0 Å². The van der Waals surface area contributed by atoms with Crippen molar-refractivity contribution in [2.45, 2.75) is 6.54 Å². The van der Waals surface area contributed by atoms with E-state index in [-0.39, 0.29) is 6.61 Å². The first kappa shape index (κ1) is 9.36. The summed E-state index contributed by atoms with van der Waals surface area (Å²) in [6.07, 6.45) is 3.66. The Morgan fingerprint density at radius 3 is 2.75 bits per heavy atom. The number of nitrogens with zero attached hydrogens (tertiary/aromatic N) is 2. The first-order chi connectivity index (χ1) is 7.92. The van der Waals surface area contributed by atoms with Crippen molar-refractivity contribution in [3.05, 3.63) is 42.7 Å². The lowest BCUT2D eigenvalue weighted by atomic mass is 10.2. The number of pyridine rings is 1. The number of benzene rings is 1. The van der Waals surface area contributed by atoms with E-state index in [1.54, 1.807) is 6.20 Å². The molecule has 0 bridgehead atoms. The van der Waals surface area contributed by atoms with Gasteiger partial charge in [-0.2, -0.15) is 0 Å². The maximum absolute atomic E-state index is 9.12. The summed E-state index contributed by atoms with van der Waals surface area (Å²) in [5, 5.41) is 11.5. The van der Waals surface area contributed by atoms with E-state index in [9.17, 15) is 0 Å². The highest BCUT2D eigenvalue weighted by Crippen LogP contribution is 2.27. The first-order valence-corrected chi connectivity index (χ1v) is 5.33. The Morgan fingerprint density at radius 2 is 1.88 bits per heavy atom. The van der Waals surface area contributed by atoms with E-state index < -0.39 is 0 Å². The molecular weight excluding hydrogens is 200 g/mol. The largest absolute Gasteiger partial charge is 0.395 e. The smallest absolute Gasteiger partial charge is 0.0678 e. The molecule has 2 aromatic heterocycles. The average Bonchev–Trinajstić information content (AvgIpc) is 2.66. The molecule has 2 heterocycles. The van der Waals surface area contributed by atoms with Crippen molar-refractivity contribution in [3.8, 4) is 0 Å². The van der Waals surface area contributed by atoms with Crippen LogP contribution in [0.2, 0.25) is 0 Å². The van der Waals surface area contributed by atoms with Gasteiger partial charge >= 0.3 is 0 Å². The fraction of sp³-hybridized carbons (Fsp3) is 0.154. The lowest BCUT2D eigenvalue weighted by Crippen LogP contribution is -2.01. The zero-order valence-electron chi connectivity index (χ0n) is 8.80. The molecule has 16 heavy (non-hydrogen) atoms. The number of aliphatic hydroxyl groups excluding tert-OH is 1. The topological polar surface area (TPSA) is 38.0 Å². The van der Waals surface area contributed by atoms with Gasteiger partial charge in [-0.1, -0.05) is 18.2 Å². The van der Waals surface area contributed by atoms with E-state index in [0.29, 0.717) is 6.54 Å². The van der Waals surface area contributed by atoms with Crippen molar-refractivity contribution in [2.75, 3.05) is 6.61 Å². The lowest BCUT2D eigenvalue weighted by molar-refractivity contribution is 0.280. The highest BCUT2D eigenvalue weighted by molar-refractivity contribution is 6.07. The van der Waals surface area contributed by atoms with Gasteiger partial charge in [-0.25, -0.2) is 0 Å². The number of hydrogen-bond acceptors (Lipinski definition) is 2. The molecule has 1 aromatic carbocycles. The number of aliphatic hydroxyl groups is 1. The van der Waals surface area contributed by atoms with Gasteiger partial charge < -0.3 is 9.67 Å². The molecule has 0 fully saturated rings. The van der Waals surface area contributed by atoms with Gasteiger partial charge in [-0.15, -0.1) is 0 Å². The molecule has 0 saturated carbocycles. The minimum atomic E-state index is 0.142. The van der Waals surface area contributed by atoms with Crippen LogP contribution in [0.1, 0.15) is 0 Å². The third kappa shape index (κ3) is 1.22. The van der Waals surface area contributed by atoms with Gasteiger partial charge in [0.15, 0.2) is 0 Å². The molecule has 0 aliphatic carbocycles. The van der Waals surface area contributed by atoms with E-state index >= 15 is 0 Å². The summed E-state index contributed by atoms with van der Waals surface area (Å²) in [5.74, 6) is 0. The van der Waals surface area contributed by atoms with Gasteiger partial charge in [-0.05, 0) is 12.1 Å². The summed E-state index contributed by atoms with van der Waals surface area (Å²) in [5.41, 5.74) is 2.23. The molecule has 3 aromatic rings. The van der Waals surface area contributed by atoms with Gasteiger partial charge in [0.2, 0.25) is 0 Å². The third-order valence-corrected chi connectivity index (χ3v) is 2.90. The van der Waals surface area contributed by atoms with Gasteiger partial charge in [0.05, 0.1) is 18.3 Å². The van der Waals surface area contributed by atoms with Crippen molar-refractivity contribution < 1.29 is 5.11 Å². The molecule has 0 unspecified atom stereocenters. The normalized spacial score (nSPS) is 11.3. The number of rotatable bonds is 2. The molecule has 1 N–H and O–H groups in total. The van der Waals surface area contributed by atoms with Crippen LogP contribution in [0.4, 0.5) is 0 Å². The van der Waals surface area contributed by atoms with Gasteiger partial charge in [-0.3, -0.25) is 4.98 Å². The fourth-order valence-corrected chi connectivity index (χ4v) is 2.24. The highest BCUT2D eigenvalue weighted by Gasteiger charge is 2.08. The van der Waals surface area contributed by atoms with E-state index in [1.165, 1.54) is 10.8 Å². The average molecular weight is 212 g/mol. The molecule has 3 nitrogen and oxygen atoms in total. The van der Waals surface area contributed by atoms with E-state index in [0.717, 1.165) is 11.0 Å². The number of hydrogen-bond donors (Lipinski definition) is 1. The van der Waals surface area contributed by atoms with Crippen LogP contribution in [0.5, 0.6) is 0 Å². The fourth-order valence-electron chi connectivity index (χ4n) is 2.24. The van der Waals surface area contributed by atoms with Crippen molar-refractivity contribution in [1.82, 2.24) is 9.55 Å². The van der Waals surface area contributed by atoms with Crippen LogP contribution in [0.15, 0.2) is 42.7 Å². The summed E-state index contributed by atoms with van der Waals surface area (Å²) < 4.78 is 2.11. The minimum Gasteiger partial charge on any atom is -0.395 e. The maximum atomic E-state index is 9.12. The molecule has 0 saturated heterocycles. The summed E-state index contributed by atoms with van der Waals surface area (Å²) in [7, 11) is 0. The third-order valence-electron chi connectivity index (χ3n) is 2.90. The molecule has 3 rings (SSSR count). The predicted octanol–water partition coefficient (Wildman–Crippen LogP) is 2.18. The molecule has 0 aliphatic heterocycles. The highest BCUT2D eigenvalue weighted by atomic mass is 16.3. The van der Waals surface area contributed by atoms with Crippen molar-refractivity contribution in [3.63, 3.8) is 0 Å². The van der Waals surface area contributed by atoms with Gasteiger partial charge in [0, 0.05) is 29.0 Å². The van der Waals surface area contributed by atoms with Crippen LogP contribution in [0.3, 0.4) is 0 Å². The molecule has 0 spiro atoms. The van der Waals surface area contributed by atoms with E-state index in [4.69, 9.17) is 5.11 Å². The van der Waals surface area contributed by atoms with Crippen molar-refractivity contribution in [1.29, 1.82) is 0 Å². The molecule has 0 amide bonds. The molecule has 0 atom stereocenters. The summed E-state index contributed by atoms with van der Waals surface area (Å²) in [4.78, 5) is 4.15. The van der Waals surface area contributed by atoms with Crippen LogP contribution in [0.25, 0.3) is 21.8 Å². The van der Waals surface area contributed by atoms with Crippen molar-refractivity contribution >= 4 is 21.8 Å². The minimum absolute atomic E-state index is 0.142. The Balaban J connectivity index is 2.49. The molecule has 3 heteroatoms. The SMILES string of the molecule is OCCn1c2ccccc2c2ccncc21. The second kappa shape index (κ2) is 3.61. The maximum Gasteiger partial charge on any atom is 0.0678 e. The number of aromatic nitrogens is 2. The van der Waals surface area contributed by atoms with Crippen LogP contribution in [-0.4, -0.2) is 21.3 Å². The standard InChI is InChI=1S/C13H12N2O/c16-8-7-15-12-4-2-1-3-10(12)11-5-6-14-9-13(11)15/h1-6,9,16H,7-8H2. The molecular formula is C13H12N2O. The Hall–Kier alpha value is -1.87.